The van der Waals surface area contributed by atoms with Crippen molar-refractivity contribution in [3.8, 4) is 0 Å². The summed E-state index contributed by atoms with van der Waals surface area (Å²) in [5.41, 5.74) is 5.93. The predicted molar refractivity (Wildman–Crippen MR) is 79.1 cm³/mol. The van der Waals surface area contributed by atoms with Gasteiger partial charge in [0.25, 0.3) is 0 Å². The zero-order valence-corrected chi connectivity index (χ0v) is 12.6. The third kappa shape index (κ3) is 4.15. The highest BCUT2D eigenvalue weighted by Crippen LogP contribution is 2.29. The van der Waals surface area contributed by atoms with E-state index in [1.54, 1.807) is 0 Å². The molecule has 1 aliphatic carbocycles. The van der Waals surface area contributed by atoms with Gasteiger partial charge < -0.3 is 20.6 Å². The molecular formula is C15H31N3O. The lowest BCUT2D eigenvalue weighted by molar-refractivity contribution is 0.0777. The van der Waals surface area contributed by atoms with Crippen molar-refractivity contribution in [1.82, 2.24) is 9.80 Å². The molecule has 2 aliphatic rings. The second kappa shape index (κ2) is 6.53. The number of nitrogens with two attached hydrogens (primary N) is 1. The summed E-state index contributed by atoms with van der Waals surface area (Å²) in [6.45, 7) is 3.80. The van der Waals surface area contributed by atoms with Crippen LogP contribution in [0.15, 0.2) is 0 Å². The first-order chi connectivity index (χ1) is 9.02. The average molecular weight is 269 g/mol. The Kier molecular flexibility index (Phi) is 5.23. The van der Waals surface area contributed by atoms with Gasteiger partial charge in [-0.05, 0) is 71.6 Å². The number of likely N-dealkylation sites (tertiary alicyclic amines) is 1. The maximum Gasteiger partial charge on any atom is 0.0611 e. The first-order valence-electron chi connectivity index (χ1n) is 7.81. The summed E-state index contributed by atoms with van der Waals surface area (Å²) in [5.74, 6) is 0.837. The van der Waals surface area contributed by atoms with Gasteiger partial charge in [0.2, 0.25) is 0 Å². The molecular weight excluding hydrogens is 238 g/mol. The summed E-state index contributed by atoms with van der Waals surface area (Å²) >= 11 is 0. The minimum atomic E-state index is -0.329. The van der Waals surface area contributed by atoms with Gasteiger partial charge in [-0.2, -0.15) is 0 Å². The molecule has 0 radical (unpaired) electrons. The van der Waals surface area contributed by atoms with Crippen LogP contribution in [0.4, 0.5) is 0 Å². The van der Waals surface area contributed by atoms with Gasteiger partial charge >= 0.3 is 0 Å². The highest BCUT2D eigenvalue weighted by atomic mass is 16.3. The third-order valence-electron chi connectivity index (χ3n) is 5.18. The Morgan fingerprint density at radius 1 is 1.32 bits per heavy atom. The molecule has 2 atom stereocenters. The molecule has 3 N–H and O–H groups in total. The summed E-state index contributed by atoms with van der Waals surface area (Å²) in [6.07, 6.45) is 6.96. The molecule has 0 aromatic heterocycles. The van der Waals surface area contributed by atoms with Crippen LogP contribution in [0.1, 0.15) is 38.5 Å². The quantitative estimate of drug-likeness (QED) is 0.796. The molecule has 2 fully saturated rings. The monoisotopic (exact) mass is 269 g/mol. The molecule has 1 aliphatic heterocycles. The summed E-state index contributed by atoms with van der Waals surface area (Å²) in [4.78, 5) is 4.93. The molecule has 2 rings (SSSR count). The Bertz CT molecular complexity index is 279. The van der Waals surface area contributed by atoms with Crippen molar-refractivity contribution in [2.24, 2.45) is 11.7 Å². The SMILES string of the molecule is CN1CCC(CN(C)C2CCCC(N)(CO)C2)CC1. The van der Waals surface area contributed by atoms with Crippen LogP contribution in [0.25, 0.3) is 0 Å². The van der Waals surface area contributed by atoms with Gasteiger partial charge in [0, 0.05) is 18.1 Å². The standard InChI is InChI=1S/C15H31N3O/c1-17-8-5-13(6-9-17)11-18(2)14-4-3-7-15(16,10-14)12-19/h13-14,19H,3-12,16H2,1-2H3. The molecule has 1 saturated carbocycles. The smallest absolute Gasteiger partial charge is 0.0611 e. The van der Waals surface area contributed by atoms with Crippen molar-refractivity contribution in [2.75, 3.05) is 40.3 Å². The fourth-order valence-corrected chi connectivity index (χ4v) is 3.68. The maximum absolute atomic E-state index is 9.45. The van der Waals surface area contributed by atoms with E-state index in [0.717, 1.165) is 25.2 Å². The van der Waals surface area contributed by atoms with Crippen molar-refractivity contribution in [2.45, 2.75) is 50.1 Å². The number of nitrogens with zero attached hydrogens (tertiary/aromatic N) is 2. The van der Waals surface area contributed by atoms with Crippen molar-refractivity contribution < 1.29 is 5.11 Å². The average Bonchev–Trinajstić information content (AvgIpc) is 2.41. The number of piperidine rings is 1. The first-order valence-corrected chi connectivity index (χ1v) is 7.81. The first kappa shape index (κ1) is 15.2. The Hall–Kier alpha value is -0.160. The van der Waals surface area contributed by atoms with Gasteiger partial charge in [-0.15, -0.1) is 0 Å². The lowest BCUT2D eigenvalue weighted by Gasteiger charge is -2.42. The number of aliphatic hydroxyl groups excluding tert-OH is 1. The summed E-state index contributed by atoms with van der Waals surface area (Å²) < 4.78 is 0. The Morgan fingerprint density at radius 3 is 2.63 bits per heavy atom. The molecule has 0 spiro atoms. The molecule has 2 unspecified atom stereocenters. The topological polar surface area (TPSA) is 52.7 Å². The molecule has 4 heteroatoms. The lowest BCUT2D eigenvalue weighted by Crippen LogP contribution is -2.53. The molecule has 19 heavy (non-hydrogen) atoms. The van der Waals surface area contributed by atoms with Gasteiger partial charge in [0.1, 0.15) is 0 Å². The molecule has 4 nitrogen and oxygen atoms in total. The zero-order valence-electron chi connectivity index (χ0n) is 12.6. The summed E-state index contributed by atoms with van der Waals surface area (Å²) in [7, 11) is 4.46. The van der Waals surface area contributed by atoms with E-state index in [2.05, 4.69) is 23.9 Å². The van der Waals surface area contributed by atoms with E-state index >= 15 is 0 Å². The Balaban J connectivity index is 1.80. The minimum Gasteiger partial charge on any atom is -0.394 e. The second-order valence-electron chi connectivity index (χ2n) is 6.96. The van der Waals surface area contributed by atoms with Gasteiger partial charge in [-0.1, -0.05) is 0 Å². The van der Waals surface area contributed by atoms with E-state index in [0.29, 0.717) is 6.04 Å². The third-order valence-corrected chi connectivity index (χ3v) is 5.18. The van der Waals surface area contributed by atoms with Crippen LogP contribution in [0.3, 0.4) is 0 Å². The highest BCUT2D eigenvalue weighted by Gasteiger charge is 2.34. The normalized spacial score (nSPS) is 34.9. The van der Waals surface area contributed by atoms with Crippen molar-refractivity contribution in [3.05, 3.63) is 0 Å². The van der Waals surface area contributed by atoms with E-state index < -0.39 is 0 Å². The fraction of sp³-hybridized carbons (Fsp3) is 1.00. The number of rotatable bonds is 4. The fourth-order valence-electron chi connectivity index (χ4n) is 3.68. The minimum absolute atomic E-state index is 0.131. The summed E-state index contributed by atoms with van der Waals surface area (Å²) in [5, 5.41) is 9.45. The molecule has 0 bridgehead atoms. The van der Waals surface area contributed by atoms with Crippen LogP contribution in [-0.2, 0) is 0 Å². The predicted octanol–water partition coefficient (Wildman–Crippen LogP) is 0.892. The number of hydrogen-bond donors (Lipinski definition) is 2. The van der Waals surface area contributed by atoms with Crippen LogP contribution >= 0.6 is 0 Å². The van der Waals surface area contributed by atoms with E-state index in [9.17, 15) is 5.11 Å². The Labute approximate surface area is 117 Å². The molecule has 0 aromatic rings. The molecule has 1 saturated heterocycles. The zero-order chi connectivity index (χ0) is 13.9. The largest absolute Gasteiger partial charge is 0.394 e. The van der Waals surface area contributed by atoms with Crippen molar-refractivity contribution in [1.29, 1.82) is 0 Å². The van der Waals surface area contributed by atoms with Crippen molar-refractivity contribution >= 4 is 0 Å². The second-order valence-corrected chi connectivity index (χ2v) is 6.96. The van der Waals surface area contributed by atoms with E-state index in [4.69, 9.17) is 5.73 Å². The number of hydrogen-bond acceptors (Lipinski definition) is 4. The van der Waals surface area contributed by atoms with Crippen molar-refractivity contribution in [3.63, 3.8) is 0 Å². The molecule has 0 amide bonds. The van der Waals surface area contributed by atoms with Crippen LogP contribution in [0, 0.1) is 5.92 Å². The van der Waals surface area contributed by atoms with Gasteiger partial charge in [0.05, 0.1) is 6.61 Å². The summed E-state index contributed by atoms with van der Waals surface area (Å²) in [6, 6.07) is 0.561. The lowest BCUT2D eigenvalue weighted by atomic mass is 9.79. The molecule has 0 aromatic carbocycles. The van der Waals surface area contributed by atoms with Crippen LogP contribution in [0.5, 0.6) is 0 Å². The van der Waals surface area contributed by atoms with E-state index in [1.807, 2.05) is 0 Å². The number of aliphatic hydroxyl groups is 1. The molecule has 112 valence electrons. The van der Waals surface area contributed by atoms with Gasteiger partial charge in [-0.3, -0.25) is 0 Å². The van der Waals surface area contributed by atoms with Gasteiger partial charge in [0.15, 0.2) is 0 Å². The van der Waals surface area contributed by atoms with E-state index in [1.165, 1.54) is 38.9 Å². The van der Waals surface area contributed by atoms with E-state index in [-0.39, 0.29) is 12.1 Å². The highest BCUT2D eigenvalue weighted by molar-refractivity contribution is 4.93. The van der Waals surface area contributed by atoms with Crippen LogP contribution in [0.2, 0.25) is 0 Å². The van der Waals surface area contributed by atoms with Crippen LogP contribution < -0.4 is 5.73 Å². The van der Waals surface area contributed by atoms with Gasteiger partial charge in [-0.25, -0.2) is 0 Å². The maximum atomic E-state index is 9.45. The molecule has 1 heterocycles. The van der Waals surface area contributed by atoms with Crippen LogP contribution in [-0.4, -0.2) is 66.8 Å². The Morgan fingerprint density at radius 2 is 2.00 bits per heavy atom.